The Morgan fingerprint density at radius 2 is 1.96 bits per heavy atom. The molecule has 3 rings (SSSR count). The van der Waals surface area contributed by atoms with E-state index in [4.69, 9.17) is 9.84 Å². The van der Waals surface area contributed by atoms with Crippen molar-refractivity contribution >= 4 is 23.2 Å². The van der Waals surface area contributed by atoms with Gasteiger partial charge in [0.25, 0.3) is 5.91 Å². The average Bonchev–Trinajstić information content (AvgIpc) is 2.96. The van der Waals surface area contributed by atoms with Gasteiger partial charge in [0.2, 0.25) is 0 Å². The molecule has 1 amide bonds. The van der Waals surface area contributed by atoms with E-state index < -0.39 is 12.1 Å². The highest BCUT2D eigenvalue weighted by Gasteiger charge is 2.33. The zero-order valence-corrected chi connectivity index (χ0v) is 14.7. The Bertz CT molecular complexity index is 802. The first-order valence-electron chi connectivity index (χ1n) is 7.89. The number of hydrogen-bond acceptors (Lipinski definition) is 4. The van der Waals surface area contributed by atoms with E-state index in [0.29, 0.717) is 11.4 Å². The molecule has 1 saturated heterocycles. The molecule has 1 fully saturated rings. The first-order valence-corrected chi connectivity index (χ1v) is 8.70. The number of morpholine rings is 1. The van der Waals surface area contributed by atoms with E-state index in [0.717, 1.165) is 16.0 Å². The van der Waals surface area contributed by atoms with E-state index in [1.165, 1.54) is 28.4 Å². The summed E-state index contributed by atoms with van der Waals surface area (Å²) < 4.78 is 18.4. The Kier molecular flexibility index (Phi) is 4.87. The number of nitrogens with zero attached hydrogens (tertiary/aromatic N) is 1. The molecule has 0 radical (unpaired) electrons. The SMILES string of the molecule is Cc1cc(C(=O)N2CC(C(=O)O)O[C@H](C)C2)sc1-c1ccc(F)cc1. The molecule has 1 aromatic heterocycles. The van der Waals surface area contributed by atoms with Crippen LogP contribution < -0.4 is 0 Å². The molecule has 1 aliphatic heterocycles. The van der Waals surface area contributed by atoms with Crippen molar-refractivity contribution in [3.8, 4) is 10.4 Å². The van der Waals surface area contributed by atoms with E-state index in [1.54, 1.807) is 25.1 Å². The van der Waals surface area contributed by atoms with Crippen molar-refractivity contribution in [1.82, 2.24) is 4.90 Å². The number of amides is 1. The number of halogens is 1. The van der Waals surface area contributed by atoms with Crippen LogP contribution in [-0.2, 0) is 9.53 Å². The van der Waals surface area contributed by atoms with Crippen LogP contribution in [0.4, 0.5) is 4.39 Å². The predicted molar refractivity (Wildman–Crippen MR) is 92.3 cm³/mol. The van der Waals surface area contributed by atoms with Gasteiger partial charge in [-0.3, -0.25) is 4.79 Å². The van der Waals surface area contributed by atoms with Crippen LogP contribution in [0.5, 0.6) is 0 Å². The van der Waals surface area contributed by atoms with Gasteiger partial charge in [-0.15, -0.1) is 11.3 Å². The number of thiophene rings is 1. The van der Waals surface area contributed by atoms with Crippen LogP contribution in [0.1, 0.15) is 22.2 Å². The van der Waals surface area contributed by atoms with Crippen molar-refractivity contribution in [3.63, 3.8) is 0 Å². The quantitative estimate of drug-likeness (QED) is 0.910. The van der Waals surface area contributed by atoms with Gasteiger partial charge in [-0.25, -0.2) is 9.18 Å². The molecule has 1 N–H and O–H groups in total. The fourth-order valence-electron chi connectivity index (χ4n) is 2.88. The van der Waals surface area contributed by atoms with Gasteiger partial charge in [-0.2, -0.15) is 0 Å². The summed E-state index contributed by atoms with van der Waals surface area (Å²) in [4.78, 5) is 26.9. The Hall–Kier alpha value is -2.25. The fraction of sp³-hybridized carbons (Fsp3) is 0.333. The maximum Gasteiger partial charge on any atom is 0.334 e. The number of aliphatic carboxylic acids is 1. The molecular formula is C18H18FNO4S. The van der Waals surface area contributed by atoms with Gasteiger partial charge < -0.3 is 14.7 Å². The minimum absolute atomic E-state index is 0.0291. The molecule has 2 atom stereocenters. The number of aryl methyl sites for hydroxylation is 1. The highest BCUT2D eigenvalue weighted by atomic mass is 32.1. The van der Waals surface area contributed by atoms with Crippen LogP contribution >= 0.6 is 11.3 Å². The molecule has 2 heterocycles. The molecule has 0 saturated carbocycles. The van der Waals surface area contributed by atoms with E-state index in [2.05, 4.69) is 0 Å². The minimum atomic E-state index is -1.07. The number of carboxylic acid groups (broad SMARTS) is 1. The molecule has 1 unspecified atom stereocenters. The summed E-state index contributed by atoms with van der Waals surface area (Å²) in [7, 11) is 0. The topological polar surface area (TPSA) is 66.8 Å². The summed E-state index contributed by atoms with van der Waals surface area (Å²) >= 11 is 1.33. The molecule has 25 heavy (non-hydrogen) atoms. The normalized spacial score (nSPS) is 20.5. The van der Waals surface area contributed by atoms with Crippen LogP contribution in [-0.4, -0.2) is 47.2 Å². The second kappa shape index (κ2) is 6.93. The fourth-order valence-corrected chi connectivity index (χ4v) is 4.03. The van der Waals surface area contributed by atoms with Crippen molar-refractivity contribution in [2.45, 2.75) is 26.1 Å². The van der Waals surface area contributed by atoms with Gasteiger partial charge in [0, 0.05) is 11.4 Å². The van der Waals surface area contributed by atoms with E-state index in [9.17, 15) is 14.0 Å². The third-order valence-electron chi connectivity index (χ3n) is 4.06. The number of carbonyl (C=O) groups is 2. The number of carbonyl (C=O) groups excluding carboxylic acids is 1. The second-order valence-electron chi connectivity index (χ2n) is 6.11. The van der Waals surface area contributed by atoms with Crippen molar-refractivity contribution in [2.24, 2.45) is 0 Å². The lowest BCUT2D eigenvalue weighted by molar-refractivity contribution is -0.160. The van der Waals surface area contributed by atoms with E-state index in [1.807, 2.05) is 6.92 Å². The molecule has 132 valence electrons. The molecule has 7 heteroatoms. The van der Waals surface area contributed by atoms with Gasteiger partial charge in [0.15, 0.2) is 6.10 Å². The number of hydrogen-bond donors (Lipinski definition) is 1. The highest BCUT2D eigenvalue weighted by molar-refractivity contribution is 7.17. The van der Waals surface area contributed by atoms with Crippen LogP contribution in [0.2, 0.25) is 0 Å². The maximum atomic E-state index is 13.1. The van der Waals surface area contributed by atoms with Crippen molar-refractivity contribution in [3.05, 3.63) is 46.6 Å². The molecule has 1 aromatic carbocycles. The smallest absolute Gasteiger partial charge is 0.334 e. The summed E-state index contributed by atoms with van der Waals surface area (Å²) in [6.07, 6.45) is -1.35. The molecule has 0 spiro atoms. The molecule has 5 nitrogen and oxygen atoms in total. The average molecular weight is 363 g/mol. The molecule has 2 aromatic rings. The molecule has 1 aliphatic rings. The lowest BCUT2D eigenvalue weighted by atomic mass is 10.1. The largest absolute Gasteiger partial charge is 0.479 e. The third-order valence-corrected chi connectivity index (χ3v) is 5.33. The summed E-state index contributed by atoms with van der Waals surface area (Å²) in [6.45, 7) is 4.03. The molecule has 0 bridgehead atoms. The zero-order chi connectivity index (χ0) is 18.1. The lowest BCUT2D eigenvalue weighted by Crippen LogP contribution is -2.51. The third kappa shape index (κ3) is 3.72. The Labute approximate surface area is 148 Å². The standard InChI is InChI=1S/C18H18FNO4S/c1-10-7-15(25-16(10)12-3-5-13(19)6-4-12)17(21)20-8-11(2)24-14(9-20)18(22)23/h3-7,11,14H,8-9H2,1-2H3,(H,22,23)/t11-,14?/m1/s1. The summed E-state index contributed by atoms with van der Waals surface area (Å²) in [5.41, 5.74) is 1.78. The first-order chi connectivity index (χ1) is 11.8. The van der Waals surface area contributed by atoms with Crippen LogP contribution in [0.3, 0.4) is 0 Å². The van der Waals surface area contributed by atoms with E-state index in [-0.39, 0.29) is 24.4 Å². The number of rotatable bonds is 3. The van der Waals surface area contributed by atoms with Gasteiger partial charge >= 0.3 is 5.97 Å². The molecular weight excluding hydrogens is 345 g/mol. The van der Waals surface area contributed by atoms with E-state index >= 15 is 0 Å². The highest BCUT2D eigenvalue weighted by Crippen LogP contribution is 2.33. The number of ether oxygens (including phenoxy) is 1. The monoisotopic (exact) mass is 363 g/mol. The van der Waals surface area contributed by atoms with Crippen LogP contribution in [0.15, 0.2) is 30.3 Å². The van der Waals surface area contributed by atoms with Crippen molar-refractivity contribution in [1.29, 1.82) is 0 Å². The summed E-state index contributed by atoms with van der Waals surface area (Å²) in [6, 6.07) is 7.93. The Balaban J connectivity index is 1.84. The maximum absolute atomic E-state index is 13.1. The summed E-state index contributed by atoms with van der Waals surface area (Å²) in [5.74, 6) is -1.59. The van der Waals surface area contributed by atoms with Gasteiger partial charge in [-0.05, 0) is 43.2 Å². The lowest BCUT2D eigenvalue weighted by Gasteiger charge is -2.34. The summed E-state index contributed by atoms with van der Waals surface area (Å²) in [5, 5.41) is 9.15. The number of carboxylic acids is 1. The van der Waals surface area contributed by atoms with Gasteiger partial charge in [-0.1, -0.05) is 12.1 Å². The van der Waals surface area contributed by atoms with Gasteiger partial charge in [0.1, 0.15) is 5.82 Å². The predicted octanol–water partition coefficient (Wildman–Crippen LogP) is 3.18. The second-order valence-corrected chi connectivity index (χ2v) is 7.17. The van der Waals surface area contributed by atoms with Gasteiger partial charge in [0.05, 0.1) is 17.5 Å². The van der Waals surface area contributed by atoms with Crippen molar-refractivity contribution < 1.29 is 23.8 Å². The molecule has 0 aliphatic carbocycles. The Morgan fingerprint density at radius 3 is 2.60 bits per heavy atom. The zero-order valence-electron chi connectivity index (χ0n) is 13.9. The first kappa shape index (κ1) is 17.6. The van der Waals surface area contributed by atoms with Crippen LogP contribution in [0, 0.1) is 12.7 Å². The number of benzene rings is 1. The Morgan fingerprint density at radius 1 is 1.28 bits per heavy atom. The minimum Gasteiger partial charge on any atom is -0.479 e. The van der Waals surface area contributed by atoms with Crippen molar-refractivity contribution in [2.75, 3.05) is 13.1 Å². The van der Waals surface area contributed by atoms with Crippen LogP contribution in [0.25, 0.3) is 10.4 Å².